The van der Waals surface area contributed by atoms with Gasteiger partial charge in [-0.25, -0.2) is 0 Å². The molecular weight excluding hydrogens is 739 g/mol. The molecule has 0 bridgehead atoms. The molecule has 10 aromatic carbocycles. The molecule has 2 aliphatic rings. The Morgan fingerprint density at radius 3 is 1.59 bits per heavy atom. The first-order valence-electron chi connectivity index (χ1n) is 21.1. The Morgan fingerprint density at radius 2 is 0.852 bits per heavy atom. The molecule has 284 valence electrons. The van der Waals surface area contributed by atoms with Crippen LogP contribution in [0.15, 0.2) is 229 Å². The summed E-state index contributed by atoms with van der Waals surface area (Å²) in [6, 6.07) is 82.2. The van der Waals surface area contributed by atoms with E-state index in [-0.39, 0.29) is 0 Å². The van der Waals surface area contributed by atoms with Gasteiger partial charge in [-0.05, 0) is 108 Å². The zero-order valence-electron chi connectivity index (χ0n) is 33.2. The molecule has 0 fully saturated rings. The summed E-state index contributed by atoms with van der Waals surface area (Å²) in [5.41, 5.74) is 19.6. The van der Waals surface area contributed by atoms with Crippen LogP contribution in [0.4, 0.5) is 17.1 Å². The van der Waals surface area contributed by atoms with Crippen LogP contribution in [-0.4, -0.2) is 0 Å². The number of para-hydroxylation sites is 2. The van der Waals surface area contributed by atoms with E-state index in [4.69, 9.17) is 4.42 Å². The number of furan rings is 1. The van der Waals surface area contributed by atoms with Crippen LogP contribution >= 0.6 is 0 Å². The molecule has 11 aromatic rings. The van der Waals surface area contributed by atoms with Crippen LogP contribution in [0.1, 0.15) is 22.3 Å². The number of hydrogen-bond acceptors (Lipinski definition) is 2. The molecule has 13 rings (SSSR count). The molecule has 0 atom stereocenters. The number of anilines is 3. The third-order valence-corrected chi connectivity index (χ3v) is 13.3. The molecule has 0 amide bonds. The van der Waals surface area contributed by atoms with Gasteiger partial charge in [0.25, 0.3) is 0 Å². The Hall–Kier alpha value is -7.94. The monoisotopic (exact) mass is 775 g/mol. The Labute approximate surface area is 354 Å². The van der Waals surface area contributed by atoms with Crippen molar-refractivity contribution in [2.75, 3.05) is 4.90 Å². The van der Waals surface area contributed by atoms with Gasteiger partial charge in [0.05, 0.1) is 16.8 Å². The quantitative estimate of drug-likeness (QED) is 0.173. The van der Waals surface area contributed by atoms with Crippen molar-refractivity contribution in [3.63, 3.8) is 0 Å². The molecule has 0 radical (unpaired) electrons. The van der Waals surface area contributed by atoms with Crippen molar-refractivity contribution in [1.29, 1.82) is 0 Å². The maximum atomic E-state index is 6.81. The zero-order valence-corrected chi connectivity index (χ0v) is 33.2. The standard InChI is InChI=1S/C59H37NO/c1-2-14-42-37-43(32-31-38(42)13-1)41-29-27-39(28-30-41)40-33-35-44(36-34-40)60(55-25-11-19-48-47-17-6-10-26-56(47)61-58(48)55)54-24-12-23-53-57(54)49-18-5-9-22-52(49)59(53)50-20-7-3-15-45(50)46-16-4-8-21-51(46)59/h1-37H. The fourth-order valence-corrected chi connectivity index (χ4v) is 10.7. The summed E-state index contributed by atoms with van der Waals surface area (Å²) in [5.74, 6) is 0. The van der Waals surface area contributed by atoms with Gasteiger partial charge in [-0.15, -0.1) is 0 Å². The first-order valence-corrected chi connectivity index (χ1v) is 21.1. The largest absolute Gasteiger partial charge is 0.454 e. The summed E-state index contributed by atoms with van der Waals surface area (Å²) >= 11 is 0. The lowest BCUT2D eigenvalue weighted by Crippen LogP contribution is -2.26. The third kappa shape index (κ3) is 4.85. The van der Waals surface area contributed by atoms with Gasteiger partial charge in [0.15, 0.2) is 5.58 Å². The molecule has 1 aromatic heterocycles. The fourth-order valence-electron chi connectivity index (χ4n) is 10.7. The summed E-state index contributed by atoms with van der Waals surface area (Å²) < 4.78 is 6.81. The van der Waals surface area contributed by atoms with E-state index in [0.29, 0.717) is 0 Å². The van der Waals surface area contributed by atoms with Gasteiger partial charge < -0.3 is 9.32 Å². The van der Waals surface area contributed by atoms with Crippen LogP contribution in [0.3, 0.4) is 0 Å². The Balaban J connectivity index is 1.000. The molecule has 0 saturated heterocycles. The lowest BCUT2D eigenvalue weighted by molar-refractivity contribution is 0.669. The average molecular weight is 776 g/mol. The first-order chi connectivity index (χ1) is 30.3. The molecule has 1 heterocycles. The number of nitrogens with zero attached hydrogens (tertiary/aromatic N) is 1. The van der Waals surface area contributed by atoms with Crippen LogP contribution in [0, 0.1) is 0 Å². The third-order valence-electron chi connectivity index (χ3n) is 13.3. The van der Waals surface area contributed by atoms with E-state index in [1.54, 1.807) is 0 Å². The van der Waals surface area contributed by atoms with Crippen molar-refractivity contribution < 1.29 is 4.42 Å². The van der Waals surface area contributed by atoms with E-state index in [0.717, 1.165) is 44.6 Å². The minimum absolute atomic E-state index is 0.449. The lowest BCUT2D eigenvalue weighted by atomic mass is 9.70. The van der Waals surface area contributed by atoms with Crippen LogP contribution in [0.2, 0.25) is 0 Å². The van der Waals surface area contributed by atoms with Gasteiger partial charge in [0.2, 0.25) is 0 Å². The highest BCUT2D eigenvalue weighted by atomic mass is 16.3. The van der Waals surface area contributed by atoms with Crippen molar-refractivity contribution in [1.82, 2.24) is 0 Å². The molecule has 0 aliphatic heterocycles. The predicted molar refractivity (Wildman–Crippen MR) is 253 cm³/mol. The first kappa shape index (κ1) is 34.0. The highest BCUT2D eigenvalue weighted by Gasteiger charge is 2.52. The van der Waals surface area contributed by atoms with E-state index in [1.165, 1.54) is 72.0 Å². The van der Waals surface area contributed by atoms with Crippen molar-refractivity contribution in [3.8, 4) is 44.5 Å². The second kappa shape index (κ2) is 13.0. The molecule has 0 unspecified atom stereocenters. The number of rotatable bonds is 5. The van der Waals surface area contributed by atoms with Crippen molar-refractivity contribution in [3.05, 3.63) is 247 Å². The average Bonchev–Trinajstić information content (AvgIpc) is 3.97. The molecule has 2 heteroatoms. The molecule has 2 aliphatic carbocycles. The SMILES string of the molecule is c1ccc2c(c1)-c1ccccc1C21c2ccccc2-c2c(N(c3ccc(-c4ccc(-c5ccc6ccccc6c5)cc4)cc3)c3cccc4c3oc3ccccc34)cccc21. The van der Waals surface area contributed by atoms with Gasteiger partial charge >= 0.3 is 0 Å². The minimum Gasteiger partial charge on any atom is -0.454 e. The Morgan fingerprint density at radius 1 is 0.344 bits per heavy atom. The second-order valence-electron chi connectivity index (χ2n) is 16.4. The molecule has 0 N–H and O–H groups in total. The smallest absolute Gasteiger partial charge is 0.159 e. The topological polar surface area (TPSA) is 16.4 Å². The maximum Gasteiger partial charge on any atom is 0.159 e. The highest BCUT2D eigenvalue weighted by Crippen LogP contribution is 2.64. The van der Waals surface area contributed by atoms with E-state index >= 15 is 0 Å². The Bertz CT molecular complexity index is 3490. The number of benzene rings is 10. The van der Waals surface area contributed by atoms with Gasteiger partial charge in [-0.2, -0.15) is 0 Å². The summed E-state index contributed by atoms with van der Waals surface area (Å²) in [5, 5.41) is 4.72. The summed E-state index contributed by atoms with van der Waals surface area (Å²) in [6.45, 7) is 0. The van der Waals surface area contributed by atoms with E-state index in [9.17, 15) is 0 Å². The summed E-state index contributed by atoms with van der Waals surface area (Å²) in [4.78, 5) is 2.43. The van der Waals surface area contributed by atoms with E-state index in [1.807, 2.05) is 6.07 Å². The van der Waals surface area contributed by atoms with Crippen molar-refractivity contribution in [2.24, 2.45) is 0 Å². The summed E-state index contributed by atoms with van der Waals surface area (Å²) in [7, 11) is 0. The molecule has 61 heavy (non-hydrogen) atoms. The predicted octanol–water partition coefficient (Wildman–Crippen LogP) is 15.9. The fraction of sp³-hybridized carbons (Fsp3) is 0.0169. The molecule has 2 nitrogen and oxygen atoms in total. The van der Waals surface area contributed by atoms with E-state index in [2.05, 4.69) is 223 Å². The highest BCUT2D eigenvalue weighted by molar-refractivity contribution is 6.11. The van der Waals surface area contributed by atoms with Gasteiger partial charge in [0.1, 0.15) is 5.58 Å². The number of hydrogen-bond donors (Lipinski definition) is 0. The van der Waals surface area contributed by atoms with E-state index < -0.39 is 5.41 Å². The van der Waals surface area contributed by atoms with Gasteiger partial charge in [0, 0.05) is 22.0 Å². The molecular formula is C59H37NO. The lowest BCUT2D eigenvalue weighted by Gasteiger charge is -2.31. The zero-order chi connectivity index (χ0) is 40.1. The van der Waals surface area contributed by atoms with Crippen molar-refractivity contribution in [2.45, 2.75) is 5.41 Å². The van der Waals surface area contributed by atoms with Gasteiger partial charge in [-0.1, -0.05) is 188 Å². The van der Waals surface area contributed by atoms with Crippen LogP contribution in [0.5, 0.6) is 0 Å². The molecule has 1 spiro atoms. The normalized spacial score (nSPS) is 13.0. The van der Waals surface area contributed by atoms with Crippen molar-refractivity contribution >= 4 is 49.8 Å². The van der Waals surface area contributed by atoms with Crippen LogP contribution in [-0.2, 0) is 5.41 Å². The Kier molecular flexibility index (Phi) is 7.26. The van der Waals surface area contributed by atoms with Gasteiger partial charge in [-0.3, -0.25) is 0 Å². The second-order valence-corrected chi connectivity index (χ2v) is 16.4. The minimum atomic E-state index is -0.449. The van der Waals surface area contributed by atoms with Crippen LogP contribution in [0.25, 0.3) is 77.2 Å². The summed E-state index contributed by atoms with van der Waals surface area (Å²) in [6.07, 6.45) is 0. The van der Waals surface area contributed by atoms with Crippen LogP contribution < -0.4 is 4.90 Å². The number of fused-ring (bicyclic) bond motifs is 14. The molecule has 0 saturated carbocycles. The maximum absolute atomic E-state index is 6.81.